The van der Waals surface area contributed by atoms with Crippen LogP contribution in [0.5, 0.6) is 0 Å². The van der Waals surface area contributed by atoms with Gasteiger partial charge in [-0.1, -0.05) is 0 Å². The number of likely N-dealkylation sites (tertiary alicyclic amines) is 1. The number of amides is 2. The number of piperidine rings is 1. The molecule has 6 unspecified atom stereocenters. The first-order valence-corrected chi connectivity index (χ1v) is 9.85. The van der Waals surface area contributed by atoms with Crippen LogP contribution < -0.4 is 11.1 Å². The van der Waals surface area contributed by atoms with Gasteiger partial charge in [0.2, 0.25) is 11.8 Å². The Morgan fingerprint density at radius 3 is 2.40 bits per heavy atom. The van der Waals surface area contributed by atoms with Gasteiger partial charge in [0.1, 0.15) is 6.04 Å². The van der Waals surface area contributed by atoms with Gasteiger partial charge in [-0.25, -0.2) is 0 Å². The Morgan fingerprint density at radius 1 is 1.16 bits per heavy atom. The predicted molar refractivity (Wildman–Crippen MR) is 91.3 cm³/mol. The maximum absolute atomic E-state index is 13.5. The number of carbonyl (C=O) groups is 2. The normalized spacial score (nSPS) is 50.6. The molecule has 25 heavy (non-hydrogen) atoms. The third-order valence-corrected chi connectivity index (χ3v) is 7.91. The number of nitrogens with one attached hydrogen (secondary N) is 1. The van der Waals surface area contributed by atoms with E-state index in [-0.39, 0.29) is 29.3 Å². The molecule has 6 fully saturated rings. The van der Waals surface area contributed by atoms with Crippen LogP contribution in [-0.4, -0.2) is 52.6 Å². The van der Waals surface area contributed by atoms with E-state index in [9.17, 15) is 14.7 Å². The van der Waals surface area contributed by atoms with Crippen LogP contribution >= 0.6 is 0 Å². The van der Waals surface area contributed by atoms with Crippen molar-refractivity contribution >= 4 is 11.8 Å². The Balaban J connectivity index is 1.46. The maximum Gasteiger partial charge on any atom is 0.241 e. The summed E-state index contributed by atoms with van der Waals surface area (Å²) in [5, 5.41) is 14.3. The summed E-state index contributed by atoms with van der Waals surface area (Å²) in [6.07, 6.45) is 7.49. The SMILES string of the molecule is CN[C@H](C(=O)N1C(C(N)=O)CC2CC21)C12CC3C[C@@H](CC(O)(C3)C1)C2. The smallest absolute Gasteiger partial charge is 0.241 e. The molecular formula is C19H29N3O3. The molecule has 0 aromatic rings. The van der Waals surface area contributed by atoms with Crippen molar-refractivity contribution in [3.8, 4) is 0 Å². The van der Waals surface area contributed by atoms with Crippen molar-refractivity contribution in [3.63, 3.8) is 0 Å². The molecular weight excluding hydrogens is 318 g/mol. The Kier molecular flexibility index (Phi) is 3.20. The summed E-state index contributed by atoms with van der Waals surface area (Å²) in [6, 6.07) is -0.548. The average Bonchev–Trinajstić information content (AvgIpc) is 3.15. The summed E-state index contributed by atoms with van der Waals surface area (Å²) in [5.41, 5.74) is 4.83. The minimum Gasteiger partial charge on any atom is -0.390 e. The van der Waals surface area contributed by atoms with Gasteiger partial charge in [0.05, 0.1) is 11.6 Å². The number of hydrogen-bond donors (Lipinski definition) is 3. The Morgan fingerprint density at radius 2 is 1.84 bits per heavy atom. The lowest BCUT2D eigenvalue weighted by molar-refractivity contribution is -0.180. The van der Waals surface area contributed by atoms with Gasteiger partial charge < -0.3 is 21.1 Å². The number of rotatable bonds is 4. The molecule has 2 amide bonds. The number of nitrogens with zero attached hydrogens (tertiary/aromatic N) is 1. The average molecular weight is 347 g/mol. The molecule has 0 radical (unpaired) electrons. The van der Waals surface area contributed by atoms with E-state index in [1.165, 1.54) is 6.42 Å². The number of nitrogens with two attached hydrogens (primary N) is 1. The van der Waals surface area contributed by atoms with Crippen LogP contribution in [0.2, 0.25) is 0 Å². The fraction of sp³-hybridized carbons (Fsp3) is 0.895. The van der Waals surface area contributed by atoms with E-state index >= 15 is 0 Å². The first kappa shape index (κ1) is 16.1. The summed E-state index contributed by atoms with van der Waals surface area (Å²) in [5.74, 6) is 1.20. The number of aliphatic hydroxyl groups is 1. The molecule has 4 N–H and O–H groups in total. The highest BCUT2D eigenvalue weighted by molar-refractivity contribution is 5.91. The molecule has 1 heterocycles. The molecule has 4 bridgehead atoms. The molecule has 0 aromatic heterocycles. The number of fused-ring (bicyclic) bond motifs is 1. The van der Waals surface area contributed by atoms with E-state index in [1.54, 1.807) is 4.90 Å². The van der Waals surface area contributed by atoms with Gasteiger partial charge in [-0.05, 0) is 81.6 Å². The van der Waals surface area contributed by atoms with E-state index < -0.39 is 11.6 Å². The van der Waals surface area contributed by atoms with Crippen molar-refractivity contribution in [1.82, 2.24) is 10.2 Å². The molecule has 0 spiro atoms. The quantitative estimate of drug-likeness (QED) is 0.685. The van der Waals surface area contributed by atoms with Crippen molar-refractivity contribution in [2.45, 2.75) is 75.1 Å². The van der Waals surface area contributed by atoms with Crippen LogP contribution in [0.1, 0.15) is 51.4 Å². The molecule has 6 heteroatoms. The molecule has 0 aromatic carbocycles. The van der Waals surface area contributed by atoms with Crippen LogP contribution in [-0.2, 0) is 9.59 Å². The van der Waals surface area contributed by atoms with E-state index in [4.69, 9.17) is 5.73 Å². The second-order valence-electron chi connectivity index (χ2n) is 9.73. The number of hydrogen-bond acceptors (Lipinski definition) is 4. The van der Waals surface area contributed by atoms with E-state index in [0.29, 0.717) is 24.2 Å². The Hall–Kier alpha value is -1.14. The van der Waals surface area contributed by atoms with Crippen molar-refractivity contribution in [1.29, 1.82) is 0 Å². The Bertz CT molecular complexity index is 621. The van der Waals surface area contributed by atoms with Crippen molar-refractivity contribution < 1.29 is 14.7 Å². The lowest BCUT2D eigenvalue weighted by Crippen LogP contribution is -2.66. The van der Waals surface area contributed by atoms with E-state index in [0.717, 1.165) is 38.5 Å². The van der Waals surface area contributed by atoms with Gasteiger partial charge in [-0.15, -0.1) is 0 Å². The lowest BCUT2D eigenvalue weighted by atomic mass is 9.46. The monoisotopic (exact) mass is 347 g/mol. The maximum atomic E-state index is 13.5. The summed E-state index contributed by atoms with van der Waals surface area (Å²) in [7, 11) is 1.85. The Labute approximate surface area is 148 Å². The molecule has 5 aliphatic carbocycles. The van der Waals surface area contributed by atoms with Gasteiger partial charge in [0.15, 0.2) is 0 Å². The van der Waals surface area contributed by atoms with Gasteiger partial charge in [-0.2, -0.15) is 0 Å². The zero-order valence-electron chi connectivity index (χ0n) is 14.9. The molecule has 6 rings (SSSR count). The summed E-state index contributed by atoms with van der Waals surface area (Å²) in [6.45, 7) is 0. The highest BCUT2D eigenvalue weighted by atomic mass is 16.3. The van der Waals surface area contributed by atoms with Crippen molar-refractivity contribution in [2.75, 3.05) is 7.05 Å². The lowest BCUT2D eigenvalue weighted by Gasteiger charge is -2.62. The van der Waals surface area contributed by atoms with Crippen LogP contribution in [0, 0.1) is 23.2 Å². The van der Waals surface area contributed by atoms with Gasteiger partial charge in [0.25, 0.3) is 0 Å². The number of likely N-dealkylation sites (N-methyl/N-ethyl adjacent to an activating group) is 1. The molecule has 138 valence electrons. The first-order chi connectivity index (χ1) is 11.8. The van der Waals surface area contributed by atoms with Gasteiger partial charge in [-0.3, -0.25) is 9.59 Å². The standard InChI is InChI=1S/C19H29N3O3/c1-21-15(17(24)22-13-3-12(13)4-14(22)16(20)23)18-5-10-2-11(6-18)8-19(25,7-10)9-18/h10-15,21,25H,2-9H2,1H3,(H2,20,23)/t10-,11?,12?,13?,14?,15-,18?,19?/m1/s1. The minimum absolute atomic E-state index is 0.0434. The number of carbonyl (C=O) groups excluding carboxylic acids is 2. The second-order valence-corrected chi connectivity index (χ2v) is 9.73. The van der Waals surface area contributed by atoms with Crippen molar-refractivity contribution in [3.05, 3.63) is 0 Å². The topological polar surface area (TPSA) is 95.7 Å². The largest absolute Gasteiger partial charge is 0.390 e. The zero-order valence-corrected chi connectivity index (χ0v) is 14.9. The summed E-state index contributed by atoms with van der Waals surface area (Å²) in [4.78, 5) is 27.2. The van der Waals surface area contributed by atoms with Crippen LogP contribution in [0.15, 0.2) is 0 Å². The predicted octanol–water partition coefficient (Wildman–Crippen LogP) is 0.380. The van der Waals surface area contributed by atoms with Crippen LogP contribution in [0.4, 0.5) is 0 Å². The summed E-state index contributed by atoms with van der Waals surface area (Å²) < 4.78 is 0. The fourth-order valence-electron chi connectivity index (χ4n) is 7.49. The molecule has 5 saturated carbocycles. The molecule has 1 aliphatic heterocycles. The molecule has 6 aliphatic rings. The fourth-order valence-corrected chi connectivity index (χ4v) is 7.49. The minimum atomic E-state index is -0.588. The van der Waals surface area contributed by atoms with Crippen LogP contribution in [0.3, 0.4) is 0 Å². The third-order valence-electron chi connectivity index (χ3n) is 7.91. The van der Waals surface area contributed by atoms with Crippen LogP contribution in [0.25, 0.3) is 0 Å². The third kappa shape index (κ3) is 2.23. The van der Waals surface area contributed by atoms with E-state index in [1.807, 2.05) is 7.05 Å². The van der Waals surface area contributed by atoms with E-state index in [2.05, 4.69) is 5.32 Å². The molecule has 8 atom stereocenters. The van der Waals surface area contributed by atoms with Crippen molar-refractivity contribution in [2.24, 2.45) is 28.9 Å². The number of primary amides is 1. The first-order valence-electron chi connectivity index (χ1n) is 9.85. The van der Waals surface area contributed by atoms with Gasteiger partial charge in [0, 0.05) is 6.04 Å². The molecule has 1 saturated heterocycles. The highest BCUT2D eigenvalue weighted by Gasteiger charge is 2.63. The zero-order chi connectivity index (χ0) is 17.6. The highest BCUT2D eigenvalue weighted by Crippen LogP contribution is 2.63. The second kappa shape index (κ2) is 4.97. The van der Waals surface area contributed by atoms with Gasteiger partial charge >= 0.3 is 0 Å². The molecule has 6 nitrogen and oxygen atoms in total. The summed E-state index contributed by atoms with van der Waals surface area (Å²) >= 11 is 0.